The fraction of sp³-hybridized carbons (Fsp3) is 0.211. The van der Waals surface area contributed by atoms with Gasteiger partial charge in [0.05, 0.1) is 10.6 Å². The summed E-state index contributed by atoms with van der Waals surface area (Å²) in [6.07, 6.45) is 2.97. The Bertz CT molecular complexity index is 829. The lowest BCUT2D eigenvalue weighted by atomic mass is 10.1. The molecule has 1 fully saturated rings. The summed E-state index contributed by atoms with van der Waals surface area (Å²) in [6, 6.07) is 12.5. The summed E-state index contributed by atoms with van der Waals surface area (Å²) in [5, 5.41) is 9.54. The third-order valence-electron chi connectivity index (χ3n) is 4.00. The van der Waals surface area contributed by atoms with Crippen molar-refractivity contribution in [3.63, 3.8) is 0 Å². The second-order valence-corrected chi connectivity index (χ2v) is 9.26. The molecule has 0 spiro atoms. The predicted octanol–water partition coefficient (Wildman–Crippen LogP) is 5.10. The van der Waals surface area contributed by atoms with Gasteiger partial charge in [0.1, 0.15) is 0 Å². The fourth-order valence-electron chi connectivity index (χ4n) is 2.62. The number of halogens is 2. The Balaban J connectivity index is 1.73. The molecular formula is C19H19I2N3OS. The highest BCUT2D eigenvalue weighted by molar-refractivity contribution is 14.1. The van der Waals surface area contributed by atoms with Crippen molar-refractivity contribution in [1.82, 2.24) is 5.32 Å². The molecule has 2 aromatic carbocycles. The lowest BCUT2D eigenvalue weighted by Gasteiger charge is -2.13. The number of hydrogen-bond acceptors (Lipinski definition) is 4. The van der Waals surface area contributed by atoms with Gasteiger partial charge in [-0.3, -0.25) is 4.79 Å². The van der Waals surface area contributed by atoms with Crippen LogP contribution in [0.4, 0.5) is 11.4 Å². The van der Waals surface area contributed by atoms with E-state index in [2.05, 4.69) is 104 Å². The van der Waals surface area contributed by atoms with Gasteiger partial charge in [-0.25, -0.2) is 0 Å². The number of thioether (sulfide) groups is 1. The van der Waals surface area contributed by atoms with Crippen LogP contribution in [0.3, 0.4) is 0 Å². The number of anilines is 2. The van der Waals surface area contributed by atoms with Gasteiger partial charge < -0.3 is 16.0 Å². The number of benzene rings is 2. The number of rotatable bonds is 5. The van der Waals surface area contributed by atoms with Crippen molar-refractivity contribution in [3.05, 3.63) is 59.6 Å². The molecule has 0 unspecified atom stereocenters. The van der Waals surface area contributed by atoms with E-state index in [-0.39, 0.29) is 11.4 Å². The van der Waals surface area contributed by atoms with E-state index in [1.807, 2.05) is 13.1 Å². The van der Waals surface area contributed by atoms with Crippen molar-refractivity contribution in [3.8, 4) is 0 Å². The van der Waals surface area contributed by atoms with Crippen LogP contribution >= 0.6 is 56.9 Å². The molecule has 3 rings (SSSR count). The first-order valence-corrected chi connectivity index (χ1v) is 11.3. The Labute approximate surface area is 185 Å². The molecule has 1 amide bonds. The molecular weight excluding hydrogens is 572 g/mol. The lowest BCUT2D eigenvalue weighted by Crippen LogP contribution is -2.30. The van der Waals surface area contributed by atoms with Gasteiger partial charge >= 0.3 is 0 Å². The van der Waals surface area contributed by atoms with E-state index in [0.29, 0.717) is 0 Å². The molecule has 1 saturated heterocycles. The van der Waals surface area contributed by atoms with Crippen LogP contribution in [-0.4, -0.2) is 18.5 Å². The molecule has 1 heterocycles. The molecule has 1 aliphatic rings. The van der Waals surface area contributed by atoms with Gasteiger partial charge in [0.25, 0.3) is 5.91 Å². The first-order valence-electron chi connectivity index (χ1n) is 8.21. The van der Waals surface area contributed by atoms with E-state index < -0.39 is 0 Å². The van der Waals surface area contributed by atoms with Crippen molar-refractivity contribution < 1.29 is 4.79 Å². The summed E-state index contributed by atoms with van der Waals surface area (Å²) in [5.41, 5.74) is 4.29. The van der Waals surface area contributed by atoms with Crippen LogP contribution in [-0.2, 0) is 11.2 Å². The van der Waals surface area contributed by atoms with Crippen LogP contribution in [0.25, 0.3) is 6.08 Å². The molecule has 1 aliphatic heterocycles. The standard InChI is InChI=1S/C19H19I2N3OS/c1-3-11-4-6-13(7-5-11)23-19-24-18(25)16(26-19)10-12-8-14(20)17(22-2)15(21)9-12/h4-10,19,22-23H,3H2,1-2H3,(H,24,25)/b16-10-/t19-/m1/s1. The molecule has 0 aromatic heterocycles. The summed E-state index contributed by atoms with van der Waals surface area (Å²) in [7, 11) is 1.92. The third-order valence-corrected chi connectivity index (χ3v) is 6.73. The Hall–Kier alpha value is -0.940. The van der Waals surface area contributed by atoms with Gasteiger partial charge in [-0.2, -0.15) is 0 Å². The van der Waals surface area contributed by atoms with E-state index in [1.54, 1.807) is 0 Å². The maximum atomic E-state index is 12.3. The van der Waals surface area contributed by atoms with Gasteiger partial charge in [0.15, 0.2) is 5.50 Å². The van der Waals surface area contributed by atoms with Crippen LogP contribution in [0.5, 0.6) is 0 Å². The van der Waals surface area contributed by atoms with Crippen LogP contribution < -0.4 is 16.0 Å². The van der Waals surface area contributed by atoms with Crippen molar-refractivity contribution in [1.29, 1.82) is 0 Å². The molecule has 4 nitrogen and oxygen atoms in total. The lowest BCUT2D eigenvalue weighted by molar-refractivity contribution is -0.116. The van der Waals surface area contributed by atoms with Gasteiger partial charge in [-0.1, -0.05) is 30.8 Å². The Kier molecular flexibility index (Phi) is 6.73. The maximum absolute atomic E-state index is 12.3. The van der Waals surface area contributed by atoms with Crippen molar-refractivity contribution >= 4 is 80.3 Å². The monoisotopic (exact) mass is 591 g/mol. The number of carbonyl (C=O) groups is 1. The maximum Gasteiger partial charge on any atom is 0.260 e. The van der Waals surface area contributed by atoms with Crippen LogP contribution in [0, 0.1) is 7.14 Å². The highest BCUT2D eigenvalue weighted by atomic mass is 127. The zero-order chi connectivity index (χ0) is 18.7. The SMILES string of the molecule is CCc1ccc(N[C@@H]2NC(=O)/C(=C/c3cc(I)c(NC)c(I)c3)S2)cc1. The smallest absolute Gasteiger partial charge is 0.260 e. The first kappa shape index (κ1) is 19.8. The Morgan fingerprint density at radius 3 is 2.42 bits per heavy atom. The van der Waals surface area contributed by atoms with E-state index in [1.165, 1.54) is 17.3 Å². The van der Waals surface area contributed by atoms with E-state index in [9.17, 15) is 4.79 Å². The molecule has 0 bridgehead atoms. The first-order chi connectivity index (χ1) is 12.5. The second-order valence-electron chi connectivity index (χ2n) is 5.78. The quantitative estimate of drug-likeness (QED) is 0.335. The van der Waals surface area contributed by atoms with Crippen LogP contribution in [0.15, 0.2) is 41.3 Å². The summed E-state index contributed by atoms with van der Waals surface area (Å²) < 4.78 is 2.27. The number of nitrogens with one attached hydrogen (secondary N) is 3. The van der Waals surface area contributed by atoms with Crippen LogP contribution in [0.2, 0.25) is 0 Å². The number of amides is 1. The fourth-order valence-corrected chi connectivity index (χ4v) is 5.96. The minimum atomic E-state index is -0.157. The van der Waals surface area contributed by atoms with Crippen molar-refractivity contribution in [2.24, 2.45) is 0 Å². The molecule has 26 heavy (non-hydrogen) atoms. The summed E-state index contributed by atoms with van der Waals surface area (Å²) >= 11 is 6.13. The van der Waals surface area contributed by atoms with Gasteiger partial charge in [0, 0.05) is 19.9 Å². The zero-order valence-corrected chi connectivity index (χ0v) is 19.5. The van der Waals surface area contributed by atoms with Crippen molar-refractivity contribution in [2.45, 2.75) is 18.8 Å². The second kappa shape index (κ2) is 8.83. The minimum absolute atomic E-state index is 0.0413. The highest BCUT2D eigenvalue weighted by Crippen LogP contribution is 2.32. The molecule has 1 atom stereocenters. The Morgan fingerprint density at radius 1 is 1.19 bits per heavy atom. The number of aryl methyl sites for hydroxylation is 1. The Morgan fingerprint density at radius 2 is 1.85 bits per heavy atom. The summed E-state index contributed by atoms with van der Waals surface area (Å²) in [6.45, 7) is 2.14. The normalized spacial score (nSPS) is 18.1. The molecule has 136 valence electrons. The van der Waals surface area contributed by atoms with Gasteiger partial charge in [0.2, 0.25) is 0 Å². The minimum Gasteiger partial charge on any atom is -0.386 e. The van der Waals surface area contributed by atoms with Crippen molar-refractivity contribution in [2.75, 3.05) is 17.7 Å². The topological polar surface area (TPSA) is 53.2 Å². The largest absolute Gasteiger partial charge is 0.386 e. The van der Waals surface area contributed by atoms with E-state index in [0.717, 1.165) is 35.4 Å². The average molecular weight is 591 g/mol. The molecule has 0 aliphatic carbocycles. The average Bonchev–Trinajstić information content (AvgIpc) is 2.94. The molecule has 7 heteroatoms. The summed E-state index contributed by atoms with van der Waals surface area (Å²) in [5.74, 6) is -0.0413. The summed E-state index contributed by atoms with van der Waals surface area (Å²) in [4.78, 5) is 13.0. The molecule has 2 aromatic rings. The van der Waals surface area contributed by atoms with Gasteiger partial charge in [-0.15, -0.1) is 0 Å². The van der Waals surface area contributed by atoms with Gasteiger partial charge in [-0.05, 0) is 93.1 Å². The molecule has 0 radical (unpaired) electrons. The molecule has 3 N–H and O–H groups in total. The van der Waals surface area contributed by atoms with Crippen LogP contribution in [0.1, 0.15) is 18.1 Å². The predicted molar refractivity (Wildman–Crippen MR) is 128 cm³/mol. The zero-order valence-electron chi connectivity index (χ0n) is 14.4. The molecule has 0 saturated carbocycles. The number of carbonyl (C=O) groups excluding carboxylic acids is 1. The number of hydrogen-bond donors (Lipinski definition) is 3. The third kappa shape index (κ3) is 4.66. The highest BCUT2D eigenvalue weighted by Gasteiger charge is 2.27. The van der Waals surface area contributed by atoms with E-state index >= 15 is 0 Å². The van der Waals surface area contributed by atoms with E-state index in [4.69, 9.17) is 0 Å².